The molecule has 0 saturated carbocycles. The van der Waals surface area contributed by atoms with Crippen LogP contribution in [0.3, 0.4) is 0 Å². The van der Waals surface area contributed by atoms with Crippen LogP contribution in [0.1, 0.15) is 10.6 Å². The van der Waals surface area contributed by atoms with E-state index >= 15 is 0 Å². The van der Waals surface area contributed by atoms with Gasteiger partial charge in [0.1, 0.15) is 17.4 Å². The average Bonchev–Trinajstić information content (AvgIpc) is 3.19. The van der Waals surface area contributed by atoms with Gasteiger partial charge in [0.05, 0.1) is 15.6 Å². The monoisotopic (exact) mass is 405 g/mol. The van der Waals surface area contributed by atoms with E-state index in [1.165, 1.54) is 20.5 Å². The normalized spacial score (nSPS) is 11.2. The highest BCUT2D eigenvalue weighted by molar-refractivity contribution is 7.22. The molecule has 0 fully saturated rings. The number of hydrogen-bond acceptors (Lipinski definition) is 4. The van der Waals surface area contributed by atoms with Crippen molar-refractivity contribution in [3.63, 3.8) is 0 Å². The number of hydrogen-bond donors (Lipinski definition) is 0. The number of aryl methyl sites for hydroxylation is 1. The van der Waals surface area contributed by atoms with Gasteiger partial charge >= 0.3 is 0 Å². The van der Waals surface area contributed by atoms with Crippen molar-refractivity contribution in [3.8, 4) is 16.3 Å². The molecule has 0 radical (unpaired) electrons. The maximum atomic E-state index is 6.13. The third-order valence-corrected chi connectivity index (χ3v) is 6.54. The van der Waals surface area contributed by atoms with E-state index in [0.29, 0.717) is 17.4 Å². The van der Waals surface area contributed by atoms with Crippen LogP contribution in [0.4, 0.5) is 0 Å². The number of nitrogens with zero attached hydrogens (tertiary/aromatic N) is 1. The lowest BCUT2D eigenvalue weighted by molar-refractivity contribution is 0.306. The zero-order chi connectivity index (χ0) is 17.4. The van der Waals surface area contributed by atoms with Crippen LogP contribution in [0.2, 0.25) is 10.0 Å². The molecule has 2 aromatic carbocycles. The van der Waals surface area contributed by atoms with Gasteiger partial charge < -0.3 is 4.74 Å². The molecule has 0 spiro atoms. The van der Waals surface area contributed by atoms with Crippen LogP contribution in [0.5, 0.6) is 5.75 Å². The van der Waals surface area contributed by atoms with Gasteiger partial charge in [0.25, 0.3) is 0 Å². The molecule has 126 valence electrons. The molecule has 6 heteroatoms. The molecule has 0 atom stereocenters. The predicted octanol–water partition coefficient (Wildman–Crippen LogP) is 7.22. The zero-order valence-corrected chi connectivity index (χ0v) is 16.4. The molecule has 2 heterocycles. The van der Waals surface area contributed by atoms with E-state index in [9.17, 15) is 0 Å². The molecule has 0 N–H and O–H groups in total. The van der Waals surface area contributed by atoms with Gasteiger partial charge in [-0.3, -0.25) is 0 Å². The highest BCUT2D eigenvalue weighted by Gasteiger charge is 2.14. The lowest BCUT2D eigenvalue weighted by Gasteiger charge is -2.05. The van der Waals surface area contributed by atoms with Gasteiger partial charge in [0, 0.05) is 15.1 Å². The second kappa shape index (κ2) is 6.96. The SMILES string of the molecule is Cc1c(-c2csc(COc3ccccc3Cl)n2)sc2ccc(Cl)cc12. The van der Waals surface area contributed by atoms with Crippen LogP contribution in [0.25, 0.3) is 20.7 Å². The maximum absolute atomic E-state index is 6.13. The molecule has 0 amide bonds. The molecule has 0 bridgehead atoms. The first-order chi connectivity index (χ1) is 12.1. The number of benzene rings is 2. The van der Waals surface area contributed by atoms with Crippen LogP contribution in [0.15, 0.2) is 47.8 Å². The van der Waals surface area contributed by atoms with E-state index in [2.05, 4.69) is 18.4 Å². The van der Waals surface area contributed by atoms with E-state index in [1.54, 1.807) is 22.7 Å². The van der Waals surface area contributed by atoms with Crippen LogP contribution < -0.4 is 4.74 Å². The molecule has 2 nitrogen and oxygen atoms in total. The average molecular weight is 406 g/mol. The number of thiazole rings is 1. The Labute approximate surface area is 163 Å². The number of thiophene rings is 1. The van der Waals surface area contributed by atoms with Crippen LogP contribution in [0, 0.1) is 6.92 Å². The van der Waals surface area contributed by atoms with E-state index in [4.69, 9.17) is 32.9 Å². The van der Waals surface area contributed by atoms with E-state index in [-0.39, 0.29) is 0 Å². The highest BCUT2D eigenvalue weighted by atomic mass is 35.5. The summed E-state index contributed by atoms with van der Waals surface area (Å²) in [6, 6.07) is 13.5. The minimum atomic E-state index is 0.407. The van der Waals surface area contributed by atoms with Crippen LogP contribution in [-0.2, 0) is 6.61 Å². The summed E-state index contributed by atoms with van der Waals surface area (Å²) in [6.07, 6.45) is 0. The Balaban J connectivity index is 1.59. The molecule has 4 aromatic rings. The number of fused-ring (bicyclic) bond motifs is 1. The Morgan fingerprint density at radius 3 is 2.80 bits per heavy atom. The smallest absolute Gasteiger partial charge is 0.140 e. The second-order valence-corrected chi connectivity index (χ2v) is 8.38. The van der Waals surface area contributed by atoms with Crippen molar-refractivity contribution in [1.82, 2.24) is 4.98 Å². The molecule has 0 unspecified atom stereocenters. The highest BCUT2D eigenvalue weighted by Crippen LogP contribution is 2.39. The molecule has 0 aliphatic rings. The largest absolute Gasteiger partial charge is 0.485 e. The van der Waals surface area contributed by atoms with Crippen molar-refractivity contribution in [1.29, 1.82) is 0 Å². The van der Waals surface area contributed by atoms with Crippen LogP contribution in [-0.4, -0.2) is 4.98 Å². The third-order valence-electron chi connectivity index (χ3n) is 3.87. The topological polar surface area (TPSA) is 22.1 Å². The predicted molar refractivity (Wildman–Crippen MR) is 108 cm³/mol. The van der Waals surface area contributed by atoms with Gasteiger partial charge in [-0.15, -0.1) is 22.7 Å². The molecular weight excluding hydrogens is 393 g/mol. The Morgan fingerprint density at radius 1 is 1.12 bits per heavy atom. The van der Waals surface area contributed by atoms with Gasteiger partial charge in [-0.05, 0) is 48.2 Å². The third kappa shape index (κ3) is 3.40. The summed E-state index contributed by atoms with van der Waals surface area (Å²) in [6.45, 7) is 2.52. The first-order valence-corrected chi connectivity index (χ1v) is 10.1. The Bertz CT molecular complexity index is 1050. The summed E-state index contributed by atoms with van der Waals surface area (Å²) in [5, 5.41) is 5.55. The summed E-state index contributed by atoms with van der Waals surface area (Å²) in [4.78, 5) is 5.91. The summed E-state index contributed by atoms with van der Waals surface area (Å²) >= 11 is 15.6. The van der Waals surface area contributed by atoms with Gasteiger partial charge in [0.15, 0.2) is 0 Å². The number of para-hydroxylation sites is 1. The van der Waals surface area contributed by atoms with Crippen molar-refractivity contribution in [2.24, 2.45) is 0 Å². The lowest BCUT2D eigenvalue weighted by atomic mass is 10.1. The minimum absolute atomic E-state index is 0.407. The fraction of sp³-hybridized carbons (Fsp3) is 0.105. The Hall–Kier alpha value is -1.59. The molecule has 25 heavy (non-hydrogen) atoms. The zero-order valence-electron chi connectivity index (χ0n) is 13.3. The minimum Gasteiger partial charge on any atom is -0.485 e. The first-order valence-electron chi connectivity index (χ1n) is 7.62. The van der Waals surface area contributed by atoms with Crippen molar-refractivity contribution >= 4 is 56.0 Å². The standard InChI is InChI=1S/C19H13Cl2NOS2/c1-11-13-8-12(20)6-7-17(13)25-19(11)15-10-24-18(22-15)9-23-16-5-3-2-4-14(16)21/h2-8,10H,9H2,1H3. The van der Waals surface area contributed by atoms with Gasteiger partial charge in [0.2, 0.25) is 0 Å². The first kappa shape index (κ1) is 16.9. The molecule has 4 rings (SSSR count). The summed E-state index contributed by atoms with van der Waals surface area (Å²) in [5.74, 6) is 0.675. The summed E-state index contributed by atoms with van der Waals surface area (Å²) in [7, 11) is 0. The number of aromatic nitrogens is 1. The molecular formula is C19H13Cl2NOS2. The summed E-state index contributed by atoms with van der Waals surface area (Å²) < 4.78 is 7.00. The molecule has 0 aliphatic heterocycles. The van der Waals surface area contributed by atoms with E-state index < -0.39 is 0 Å². The Kier molecular flexibility index (Phi) is 4.69. The molecule has 0 saturated heterocycles. The van der Waals surface area contributed by atoms with Crippen molar-refractivity contribution in [2.75, 3.05) is 0 Å². The Morgan fingerprint density at radius 2 is 1.96 bits per heavy atom. The molecule has 0 aliphatic carbocycles. The number of halogens is 2. The van der Waals surface area contributed by atoms with Gasteiger partial charge in [-0.25, -0.2) is 4.98 Å². The number of ether oxygens (including phenoxy) is 1. The van der Waals surface area contributed by atoms with E-state index in [0.717, 1.165) is 15.7 Å². The van der Waals surface area contributed by atoms with Crippen molar-refractivity contribution in [3.05, 3.63) is 68.5 Å². The lowest BCUT2D eigenvalue weighted by Crippen LogP contribution is -1.95. The van der Waals surface area contributed by atoms with Crippen molar-refractivity contribution < 1.29 is 4.74 Å². The quantitative estimate of drug-likeness (QED) is 0.357. The maximum Gasteiger partial charge on any atom is 0.140 e. The molecule has 2 aromatic heterocycles. The number of rotatable bonds is 4. The fourth-order valence-electron chi connectivity index (χ4n) is 2.62. The summed E-state index contributed by atoms with van der Waals surface area (Å²) in [5.41, 5.74) is 2.20. The van der Waals surface area contributed by atoms with Crippen molar-refractivity contribution in [2.45, 2.75) is 13.5 Å². The second-order valence-electron chi connectivity index (χ2n) is 5.54. The van der Waals surface area contributed by atoms with Crippen LogP contribution >= 0.6 is 45.9 Å². The fourth-order valence-corrected chi connectivity index (χ4v) is 4.90. The van der Waals surface area contributed by atoms with Gasteiger partial charge in [-0.1, -0.05) is 35.3 Å². The van der Waals surface area contributed by atoms with Gasteiger partial charge in [-0.2, -0.15) is 0 Å². The van der Waals surface area contributed by atoms with E-state index in [1.807, 2.05) is 36.4 Å².